The standard InChI is InChI=1S/C19H15FN4O3/c1-9-15(10(2)27-23-9)11-7-12(20)16-17-18(11)26-8-14(24(17)19(25)22-16)13-5-3-4-6-21-13/h3-7,14H,8H2,1-2H3,(H,22,25)/t14-/m0/s1. The highest BCUT2D eigenvalue weighted by Gasteiger charge is 2.32. The number of benzene rings is 1. The number of nitrogens with zero attached hydrogens (tertiary/aromatic N) is 3. The van der Waals surface area contributed by atoms with Crippen LogP contribution in [0.25, 0.3) is 22.2 Å². The van der Waals surface area contributed by atoms with Crippen LogP contribution in [0.1, 0.15) is 23.2 Å². The minimum absolute atomic E-state index is 0.117. The quantitative estimate of drug-likeness (QED) is 0.589. The van der Waals surface area contributed by atoms with E-state index in [-0.39, 0.29) is 12.1 Å². The van der Waals surface area contributed by atoms with E-state index in [0.717, 1.165) is 0 Å². The lowest BCUT2D eigenvalue weighted by Crippen LogP contribution is -2.31. The topological polar surface area (TPSA) is 85.9 Å². The molecule has 0 aliphatic carbocycles. The monoisotopic (exact) mass is 366 g/mol. The van der Waals surface area contributed by atoms with Crippen molar-refractivity contribution < 1.29 is 13.7 Å². The molecule has 8 heteroatoms. The average molecular weight is 366 g/mol. The smallest absolute Gasteiger partial charge is 0.327 e. The molecular weight excluding hydrogens is 351 g/mol. The number of ether oxygens (including phenoxy) is 1. The molecule has 1 atom stereocenters. The lowest BCUT2D eigenvalue weighted by Gasteiger charge is -2.26. The van der Waals surface area contributed by atoms with E-state index in [1.165, 1.54) is 10.6 Å². The summed E-state index contributed by atoms with van der Waals surface area (Å²) in [4.78, 5) is 19.6. The molecule has 4 heterocycles. The maximum Gasteiger partial charge on any atom is 0.327 e. The van der Waals surface area contributed by atoms with Crippen LogP contribution in [0.5, 0.6) is 5.75 Å². The Labute approximate surface area is 152 Å². The number of H-pyrrole nitrogens is 1. The Morgan fingerprint density at radius 2 is 2.19 bits per heavy atom. The molecule has 27 heavy (non-hydrogen) atoms. The fourth-order valence-electron chi connectivity index (χ4n) is 3.76. The van der Waals surface area contributed by atoms with Crippen molar-refractivity contribution in [3.63, 3.8) is 0 Å². The number of aromatic nitrogens is 4. The van der Waals surface area contributed by atoms with Crippen LogP contribution in [0.3, 0.4) is 0 Å². The first-order valence-electron chi connectivity index (χ1n) is 8.50. The SMILES string of the molecule is Cc1noc(C)c1-c1cc(F)c2[nH]c(=O)n3c2c1OC[C@H]3c1ccccn1. The number of rotatable bonds is 2. The third kappa shape index (κ3) is 2.16. The Bertz CT molecular complexity index is 1220. The molecule has 1 aliphatic rings. The van der Waals surface area contributed by atoms with Gasteiger partial charge >= 0.3 is 5.69 Å². The van der Waals surface area contributed by atoms with E-state index in [9.17, 15) is 9.18 Å². The summed E-state index contributed by atoms with van der Waals surface area (Å²) in [5, 5.41) is 3.95. The third-order valence-electron chi connectivity index (χ3n) is 4.93. The second kappa shape index (κ2) is 5.54. The maximum absolute atomic E-state index is 14.9. The normalized spacial score (nSPS) is 15.9. The first kappa shape index (κ1) is 15.8. The van der Waals surface area contributed by atoms with Crippen LogP contribution in [0, 0.1) is 19.7 Å². The van der Waals surface area contributed by atoms with Crippen molar-refractivity contribution in [2.45, 2.75) is 19.9 Å². The molecule has 1 aliphatic heterocycles. The second-order valence-electron chi connectivity index (χ2n) is 6.54. The molecule has 0 saturated carbocycles. The van der Waals surface area contributed by atoms with Gasteiger partial charge in [-0.1, -0.05) is 11.2 Å². The first-order chi connectivity index (χ1) is 13.1. The highest BCUT2D eigenvalue weighted by Crippen LogP contribution is 2.43. The Morgan fingerprint density at radius 3 is 2.89 bits per heavy atom. The number of aryl methyl sites for hydroxylation is 2. The van der Waals surface area contributed by atoms with Gasteiger partial charge in [0, 0.05) is 11.8 Å². The summed E-state index contributed by atoms with van der Waals surface area (Å²) in [6, 6.07) is 6.36. The van der Waals surface area contributed by atoms with E-state index < -0.39 is 17.5 Å². The zero-order valence-electron chi connectivity index (χ0n) is 14.6. The van der Waals surface area contributed by atoms with Crippen molar-refractivity contribution in [1.29, 1.82) is 0 Å². The number of nitrogens with one attached hydrogen (secondary N) is 1. The van der Waals surface area contributed by atoms with Gasteiger partial charge in [-0.15, -0.1) is 0 Å². The highest BCUT2D eigenvalue weighted by molar-refractivity contribution is 5.92. The number of aromatic amines is 1. The largest absolute Gasteiger partial charge is 0.488 e. The summed E-state index contributed by atoms with van der Waals surface area (Å²) in [6.45, 7) is 3.75. The summed E-state index contributed by atoms with van der Waals surface area (Å²) < 4.78 is 27.6. The van der Waals surface area contributed by atoms with E-state index in [4.69, 9.17) is 9.26 Å². The number of halogens is 1. The highest BCUT2D eigenvalue weighted by atomic mass is 19.1. The predicted octanol–water partition coefficient (Wildman–Crippen LogP) is 3.12. The molecular formula is C19H15FN4O3. The molecule has 0 unspecified atom stereocenters. The summed E-state index contributed by atoms with van der Waals surface area (Å²) in [6.07, 6.45) is 1.65. The van der Waals surface area contributed by atoms with E-state index in [1.807, 2.05) is 12.1 Å². The summed E-state index contributed by atoms with van der Waals surface area (Å²) >= 11 is 0. The van der Waals surface area contributed by atoms with Gasteiger partial charge in [0.1, 0.15) is 35.3 Å². The van der Waals surface area contributed by atoms with Crippen molar-refractivity contribution >= 4 is 11.0 Å². The van der Waals surface area contributed by atoms with Crippen molar-refractivity contribution in [1.82, 2.24) is 19.7 Å². The lowest BCUT2D eigenvalue weighted by molar-refractivity contribution is 0.254. The molecule has 1 N–H and O–H groups in total. The fraction of sp³-hybridized carbons (Fsp3) is 0.211. The molecule has 0 amide bonds. The second-order valence-corrected chi connectivity index (χ2v) is 6.54. The van der Waals surface area contributed by atoms with E-state index >= 15 is 0 Å². The summed E-state index contributed by atoms with van der Waals surface area (Å²) in [7, 11) is 0. The van der Waals surface area contributed by atoms with Crippen LogP contribution in [0.15, 0.2) is 39.8 Å². The minimum atomic E-state index is -0.537. The van der Waals surface area contributed by atoms with Crippen molar-refractivity contribution in [3.8, 4) is 16.9 Å². The number of hydrogen-bond donors (Lipinski definition) is 1. The first-order valence-corrected chi connectivity index (χ1v) is 8.50. The molecule has 0 spiro atoms. The Kier molecular flexibility index (Phi) is 3.24. The molecule has 0 saturated heterocycles. The van der Waals surface area contributed by atoms with Crippen LogP contribution in [0.2, 0.25) is 0 Å². The summed E-state index contributed by atoms with van der Waals surface area (Å²) in [5.41, 5.74) is 2.59. The molecule has 136 valence electrons. The number of hydrogen-bond acceptors (Lipinski definition) is 5. The van der Waals surface area contributed by atoms with Crippen LogP contribution in [-0.2, 0) is 0 Å². The fourth-order valence-corrected chi connectivity index (χ4v) is 3.76. The molecule has 3 aromatic heterocycles. The lowest BCUT2D eigenvalue weighted by atomic mass is 10.0. The number of pyridine rings is 1. The van der Waals surface area contributed by atoms with E-state index in [1.54, 1.807) is 26.1 Å². The van der Waals surface area contributed by atoms with E-state index in [0.29, 0.717) is 39.5 Å². The van der Waals surface area contributed by atoms with Crippen LogP contribution >= 0.6 is 0 Å². The van der Waals surface area contributed by atoms with Gasteiger partial charge in [0.25, 0.3) is 0 Å². The minimum Gasteiger partial charge on any atom is -0.488 e. The van der Waals surface area contributed by atoms with Gasteiger partial charge in [-0.05, 0) is 32.0 Å². The van der Waals surface area contributed by atoms with E-state index in [2.05, 4.69) is 15.1 Å². The maximum atomic E-state index is 14.9. The van der Waals surface area contributed by atoms with Gasteiger partial charge in [0.2, 0.25) is 0 Å². The van der Waals surface area contributed by atoms with Gasteiger partial charge in [0.15, 0.2) is 5.75 Å². The van der Waals surface area contributed by atoms with Crippen molar-refractivity contribution in [3.05, 3.63) is 63.9 Å². The van der Waals surface area contributed by atoms with Crippen LogP contribution < -0.4 is 10.4 Å². The molecule has 5 rings (SSSR count). The number of imidazole rings is 1. The van der Waals surface area contributed by atoms with Gasteiger partial charge in [-0.3, -0.25) is 9.55 Å². The van der Waals surface area contributed by atoms with Crippen molar-refractivity contribution in [2.75, 3.05) is 6.61 Å². The zero-order valence-corrected chi connectivity index (χ0v) is 14.6. The molecule has 1 aromatic carbocycles. The molecule has 0 fully saturated rings. The van der Waals surface area contributed by atoms with Gasteiger partial charge in [-0.2, -0.15) is 0 Å². The molecule has 0 bridgehead atoms. The third-order valence-corrected chi connectivity index (χ3v) is 4.93. The van der Waals surface area contributed by atoms with Crippen LogP contribution in [0.4, 0.5) is 4.39 Å². The van der Waals surface area contributed by atoms with Crippen LogP contribution in [-0.4, -0.2) is 26.3 Å². The van der Waals surface area contributed by atoms with Gasteiger partial charge in [-0.25, -0.2) is 9.18 Å². The average Bonchev–Trinajstić information content (AvgIpc) is 3.20. The van der Waals surface area contributed by atoms with Gasteiger partial charge in [0.05, 0.1) is 17.0 Å². The predicted molar refractivity (Wildman–Crippen MR) is 95.4 cm³/mol. The zero-order chi connectivity index (χ0) is 18.7. The Morgan fingerprint density at radius 1 is 1.33 bits per heavy atom. The molecule has 4 aromatic rings. The Hall–Kier alpha value is -3.42. The molecule has 7 nitrogen and oxygen atoms in total. The molecule has 0 radical (unpaired) electrons. The van der Waals surface area contributed by atoms with Crippen molar-refractivity contribution in [2.24, 2.45) is 0 Å². The van der Waals surface area contributed by atoms with Gasteiger partial charge < -0.3 is 14.2 Å². The summed E-state index contributed by atoms with van der Waals surface area (Å²) in [5.74, 6) is 0.457. The Balaban J connectivity index is 1.85.